The maximum absolute atomic E-state index is 12.8. The Balaban J connectivity index is 2.00. The summed E-state index contributed by atoms with van der Waals surface area (Å²) in [5.74, 6) is -0.396. The van der Waals surface area contributed by atoms with Crippen LogP contribution in [0.5, 0.6) is 0 Å². The highest BCUT2D eigenvalue weighted by Gasteiger charge is 2.43. The number of halogens is 1. The van der Waals surface area contributed by atoms with Gasteiger partial charge in [-0.3, -0.25) is 4.79 Å². The Kier molecular flexibility index (Phi) is 4.14. The summed E-state index contributed by atoms with van der Waals surface area (Å²) in [5.41, 5.74) is 5.91. The third-order valence-corrected chi connectivity index (χ3v) is 4.12. The van der Waals surface area contributed by atoms with Crippen molar-refractivity contribution in [1.82, 2.24) is 5.32 Å². The molecule has 3 nitrogen and oxygen atoms in total. The first-order chi connectivity index (χ1) is 9.04. The van der Waals surface area contributed by atoms with Crippen LogP contribution in [0.4, 0.5) is 4.39 Å². The molecule has 0 saturated heterocycles. The van der Waals surface area contributed by atoms with E-state index < -0.39 is 5.41 Å². The number of amides is 1. The van der Waals surface area contributed by atoms with Crippen LogP contribution in [-0.4, -0.2) is 10.9 Å². The average molecular weight is 280 g/mol. The lowest BCUT2D eigenvalue weighted by molar-refractivity contribution is -0.127. The van der Waals surface area contributed by atoms with Crippen molar-refractivity contribution in [2.24, 2.45) is 11.1 Å². The maximum atomic E-state index is 12.8. The minimum absolute atomic E-state index is 0.109. The van der Waals surface area contributed by atoms with Crippen LogP contribution in [0.1, 0.15) is 31.2 Å². The van der Waals surface area contributed by atoms with Crippen LogP contribution in [0, 0.1) is 11.2 Å². The highest BCUT2D eigenvalue weighted by atomic mass is 32.1. The molecule has 0 radical (unpaired) electrons. The van der Waals surface area contributed by atoms with Gasteiger partial charge >= 0.3 is 0 Å². The highest BCUT2D eigenvalue weighted by Crippen LogP contribution is 2.38. The maximum Gasteiger partial charge on any atom is 0.233 e. The van der Waals surface area contributed by atoms with E-state index in [-0.39, 0.29) is 16.7 Å². The van der Waals surface area contributed by atoms with Gasteiger partial charge in [0, 0.05) is 6.54 Å². The molecule has 0 spiro atoms. The minimum atomic E-state index is -0.685. The van der Waals surface area contributed by atoms with E-state index >= 15 is 0 Å². The number of hydrogen-bond donors (Lipinski definition) is 2. The molecular weight excluding hydrogens is 263 g/mol. The first-order valence-corrected chi connectivity index (χ1v) is 6.78. The molecule has 1 aromatic carbocycles. The van der Waals surface area contributed by atoms with Crippen molar-refractivity contribution in [3.8, 4) is 0 Å². The number of carbonyl (C=O) groups excluding carboxylic acids is 1. The van der Waals surface area contributed by atoms with Gasteiger partial charge in [0.15, 0.2) is 0 Å². The SMILES string of the molecule is NC(=S)C1(C(=O)NCc2ccc(F)cc2)CCCC1. The van der Waals surface area contributed by atoms with E-state index in [1.807, 2.05) is 0 Å². The fourth-order valence-corrected chi connectivity index (χ4v) is 2.81. The fourth-order valence-electron chi connectivity index (χ4n) is 2.52. The quantitative estimate of drug-likeness (QED) is 0.832. The Hall–Kier alpha value is -1.49. The van der Waals surface area contributed by atoms with Crippen LogP contribution in [0.25, 0.3) is 0 Å². The predicted molar refractivity (Wildman–Crippen MR) is 75.9 cm³/mol. The summed E-state index contributed by atoms with van der Waals surface area (Å²) in [6.07, 6.45) is 3.39. The zero-order valence-corrected chi connectivity index (χ0v) is 11.4. The van der Waals surface area contributed by atoms with Gasteiger partial charge in [-0.05, 0) is 30.5 Å². The number of benzene rings is 1. The Morgan fingerprint density at radius 1 is 1.32 bits per heavy atom. The second-order valence-corrected chi connectivity index (χ2v) is 5.40. The van der Waals surface area contributed by atoms with E-state index in [1.54, 1.807) is 12.1 Å². The van der Waals surface area contributed by atoms with Gasteiger partial charge in [0.1, 0.15) is 5.82 Å². The Bertz CT molecular complexity index is 481. The lowest BCUT2D eigenvalue weighted by Gasteiger charge is -2.26. The molecule has 1 saturated carbocycles. The molecule has 102 valence electrons. The first kappa shape index (κ1) is 13.9. The smallest absolute Gasteiger partial charge is 0.233 e. The minimum Gasteiger partial charge on any atom is -0.392 e. The third kappa shape index (κ3) is 2.92. The molecule has 1 aliphatic carbocycles. The zero-order chi connectivity index (χ0) is 13.9. The molecule has 1 aliphatic rings. The average Bonchev–Trinajstić information content (AvgIpc) is 2.88. The Morgan fingerprint density at radius 3 is 2.42 bits per heavy atom. The number of carbonyl (C=O) groups is 1. The van der Waals surface area contributed by atoms with Crippen molar-refractivity contribution in [2.75, 3.05) is 0 Å². The predicted octanol–water partition coefficient (Wildman–Crippen LogP) is 2.29. The lowest BCUT2D eigenvalue weighted by atomic mass is 9.85. The summed E-state index contributed by atoms with van der Waals surface area (Å²) in [6.45, 7) is 0.365. The van der Waals surface area contributed by atoms with Crippen molar-refractivity contribution in [1.29, 1.82) is 0 Å². The van der Waals surface area contributed by atoms with Crippen LogP contribution >= 0.6 is 12.2 Å². The largest absolute Gasteiger partial charge is 0.392 e. The van der Waals surface area contributed by atoms with E-state index in [1.165, 1.54) is 12.1 Å². The second kappa shape index (κ2) is 5.65. The number of nitrogens with one attached hydrogen (secondary N) is 1. The van der Waals surface area contributed by atoms with Crippen molar-refractivity contribution < 1.29 is 9.18 Å². The summed E-state index contributed by atoms with van der Waals surface area (Å²) in [4.78, 5) is 12.6. The molecule has 2 rings (SSSR count). The molecule has 1 aromatic rings. The highest BCUT2D eigenvalue weighted by molar-refractivity contribution is 7.80. The van der Waals surface area contributed by atoms with Gasteiger partial charge in [-0.2, -0.15) is 0 Å². The molecule has 0 unspecified atom stereocenters. The molecule has 0 aromatic heterocycles. The molecule has 5 heteroatoms. The number of nitrogens with two attached hydrogens (primary N) is 1. The van der Waals surface area contributed by atoms with Gasteiger partial charge in [-0.1, -0.05) is 37.2 Å². The molecule has 0 atom stereocenters. The van der Waals surface area contributed by atoms with E-state index in [0.717, 1.165) is 31.2 Å². The van der Waals surface area contributed by atoms with E-state index in [2.05, 4.69) is 5.32 Å². The third-order valence-electron chi connectivity index (χ3n) is 3.73. The van der Waals surface area contributed by atoms with Crippen molar-refractivity contribution >= 4 is 23.1 Å². The summed E-state index contributed by atoms with van der Waals surface area (Å²) in [5, 5.41) is 2.85. The van der Waals surface area contributed by atoms with Crippen LogP contribution in [0.3, 0.4) is 0 Å². The molecule has 0 aliphatic heterocycles. The molecule has 19 heavy (non-hydrogen) atoms. The standard InChI is InChI=1S/C14H17FN2OS/c15-11-5-3-10(4-6-11)9-17-13(18)14(12(16)19)7-1-2-8-14/h3-6H,1-2,7-9H2,(H2,16,19)(H,17,18). The van der Waals surface area contributed by atoms with Crippen LogP contribution < -0.4 is 11.1 Å². The zero-order valence-electron chi connectivity index (χ0n) is 10.6. The van der Waals surface area contributed by atoms with Gasteiger partial charge < -0.3 is 11.1 Å². The first-order valence-electron chi connectivity index (χ1n) is 6.37. The number of hydrogen-bond acceptors (Lipinski definition) is 2. The molecule has 1 amide bonds. The number of rotatable bonds is 4. The summed E-state index contributed by atoms with van der Waals surface area (Å²) in [6, 6.07) is 6.05. The van der Waals surface area contributed by atoms with Crippen LogP contribution in [0.2, 0.25) is 0 Å². The van der Waals surface area contributed by atoms with Crippen molar-refractivity contribution in [2.45, 2.75) is 32.2 Å². The Labute approximate surface area is 117 Å². The van der Waals surface area contributed by atoms with Crippen LogP contribution in [0.15, 0.2) is 24.3 Å². The van der Waals surface area contributed by atoms with Gasteiger partial charge in [-0.15, -0.1) is 0 Å². The molecule has 0 bridgehead atoms. The molecule has 3 N–H and O–H groups in total. The molecular formula is C14H17FN2OS. The molecule has 1 fully saturated rings. The fraction of sp³-hybridized carbons (Fsp3) is 0.429. The summed E-state index contributed by atoms with van der Waals surface area (Å²) < 4.78 is 12.8. The van der Waals surface area contributed by atoms with E-state index in [0.29, 0.717) is 6.54 Å². The summed E-state index contributed by atoms with van der Waals surface area (Å²) in [7, 11) is 0. The van der Waals surface area contributed by atoms with Gasteiger partial charge in [0.2, 0.25) is 5.91 Å². The summed E-state index contributed by atoms with van der Waals surface area (Å²) >= 11 is 5.06. The van der Waals surface area contributed by atoms with Gasteiger partial charge in [-0.25, -0.2) is 4.39 Å². The normalized spacial score (nSPS) is 17.1. The Morgan fingerprint density at radius 2 is 1.89 bits per heavy atom. The second-order valence-electron chi connectivity index (χ2n) is 4.96. The molecule has 0 heterocycles. The lowest BCUT2D eigenvalue weighted by Crippen LogP contribution is -2.46. The van der Waals surface area contributed by atoms with Crippen molar-refractivity contribution in [3.05, 3.63) is 35.6 Å². The van der Waals surface area contributed by atoms with Gasteiger partial charge in [0.25, 0.3) is 0 Å². The van der Waals surface area contributed by atoms with E-state index in [4.69, 9.17) is 18.0 Å². The van der Waals surface area contributed by atoms with Crippen LogP contribution in [-0.2, 0) is 11.3 Å². The monoisotopic (exact) mass is 280 g/mol. The topological polar surface area (TPSA) is 55.1 Å². The van der Waals surface area contributed by atoms with Gasteiger partial charge in [0.05, 0.1) is 10.4 Å². The van der Waals surface area contributed by atoms with Crippen molar-refractivity contribution in [3.63, 3.8) is 0 Å². The van der Waals surface area contributed by atoms with E-state index in [9.17, 15) is 9.18 Å². The number of thiocarbonyl (C=S) groups is 1.